The van der Waals surface area contributed by atoms with Crippen molar-refractivity contribution in [3.63, 3.8) is 0 Å². The summed E-state index contributed by atoms with van der Waals surface area (Å²) in [6.07, 6.45) is 3.45. The van der Waals surface area contributed by atoms with Crippen LogP contribution in [-0.2, 0) is 6.54 Å². The maximum atomic E-state index is 6.44. The van der Waals surface area contributed by atoms with Crippen LogP contribution < -0.4 is 5.32 Å². The minimum Gasteiger partial charge on any atom is -0.333 e. The third-order valence-corrected chi connectivity index (χ3v) is 4.96. The summed E-state index contributed by atoms with van der Waals surface area (Å²) in [6.45, 7) is 5.20. The van der Waals surface area contributed by atoms with Crippen molar-refractivity contribution in [3.8, 4) is 0 Å². The molecule has 0 fully saturated rings. The van der Waals surface area contributed by atoms with Crippen LogP contribution in [0.2, 0.25) is 5.02 Å². The lowest BCUT2D eigenvalue weighted by Gasteiger charge is -2.20. The number of halogens is 2. The first-order valence-corrected chi connectivity index (χ1v) is 6.84. The molecule has 0 spiro atoms. The summed E-state index contributed by atoms with van der Waals surface area (Å²) in [5.41, 5.74) is 4.08. The fourth-order valence-corrected chi connectivity index (χ4v) is 3.63. The Kier molecular flexibility index (Phi) is 2.65. The van der Waals surface area contributed by atoms with Gasteiger partial charge in [-0.05, 0) is 33.8 Å². The average molecular weight is 302 g/mol. The van der Waals surface area contributed by atoms with Gasteiger partial charge < -0.3 is 9.88 Å². The fraction of sp³-hybridized carbons (Fsp3) is 0.500. The van der Waals surface area contributed by atoms with E-state index in [1.54, 1.807) is 0 Å². The van der Waals surface area contributed by atoms with Crippen LogP contribution in [0.15, 0.2) is 10.7 Å². The first kappa shape index (κ1) is 10.9. The van der Waals surface area contributed by atoms with Crippen molar-refractivity contribution < 1.29 is 0 Å². The molecule has 86 valence electrons. The Bertz CT molecular complexity index is 476. The van der Waals surface area contributed by atoms with E-state index in [2.05, 4.69) is 38.8 Å². The van der Waals surface area contributed by atoms with E-state index < -0.39 is 0 Å². The number of nitrogens with one attached hydrogen (secondary N) is 1. The minimum atomic E-state index is 0.530. The van der Waals surface area contributed by atoms with Gasteiger partial charge in [-0.1, -0.05) is 24.6 Å². The van der Waals surface area contributed by atoms with Gasteiger partial charge in [-0.15, -0.1) is 0 Å². The molecule has 1 aliphatic carbocycles. The lowest BCUT2D eigenvalue weighted by atomic mass is 9.88. The highest BCUT2D eigenvalue weighted by molar-refractivity contribution is 9.10. The topological polar surface area (TPSA) is 17.0 Å². The van der Waals surface area contributed by atoms with Gasteiger partial charge in [0.25, 0.3) is 0 Å². The molecule has 0 saturated heterocycles. The van der Waals surface area contributed by atoms with Gasteiger partial charge >= 0.3 is 0 Å². The standard InChI is InChI=1S/C12H14BrClN2/c1-7-2-3-8-6-15-4-5-16-11(8)9(7)10(14)12(16)13/h3,7,15H,2,4-6H2,1H3. The third kappa shape index (κ3) is 1.41. The third-order valence-electron chi connectivity index (χ3n) is 3.52. The second-order valence-corrected chi connectivity index (χ2v) is 5.69. The zero-order chi connectivity index (χ0) is 11.3. The Morgan fingerprint density at radius 1 is 1.56 bits per heavy atom. The molecule has 1 aromatic heterocycles. The molecule has 4 heteroatoms. The Morgan fingerprint density at radius 2 is 2.38 bits per heavy atom. The van der Waals surface area contributed by atoms with E-state index in [1.165, 1.54) is 16.8 Å². The number of nitrogens with zero attached hydrogens (tertiary/aromatic N) is 1. The molecule has 2 aliphatic rings. The molecule has 1 aromatic rings. The van der Waals surface area contributed by atoms with E-state index in [4.69, 9.17) is 11.6 Å². The smallest absolute Gasteiger partial charge is 0.104 e. The van der Waals surface area contributed by atoms with Crippen LogP contribution >= 0.6 is 27.5 Å². The predicted molar refractivity (Wildman–Crippen MR) is 71.0 cm³/mol. The number of aromatic nitrogens is 1. The van der Waals surface area contributed by atoms with Crippen molar-refractivity contribution in [1.29, 1.82) is 0 Å². The SMILES string of the molecule is CC1CC=C2CNCCn3c(Br)c(Cl)c1c32. The van der Waals surface area contributed by atoms with E-state index in [9.17, 15) is 0 Å². The van der Waals surface area contributed by atoms with E-state index >= 15 is 0 Å². The summed E-state index contributed by atoms with van der Waals surface area (Å²) >= 11 is 10.1. The summed E-state index contributed by atoms with van der Waals surface area (Å²) in [6, 6.07) is 0. The molecule has 0 saturated carbocycles. The molecule has 1 unspecified atom stereocenters. The second-order valence-electron chi connectivity index (χ2n) is 4.56. The van der Waals surface area contributed by atoms with Gasteiger partial charge in [0.15, 0.2) is 0 Å². The summed E-state index contributed by atoms with van der Waals surface area (Å²) < 4.78 is 3.35. The van der Waals surface area contributed by atoms with Gasteiger partial charge in [0, 0.05) is 25.2 Å². The number of allylic oxidation sites excluding steroid dienone is 1. The van der Waals surface area contributed by atoms with Crippen molar-refractivity contribution in [2.45, 2.75) is 25.8 Å². The number of hydrogen-bond acceptors (Lipinski definition) is 1. The van der Waals surface area contributed by atoms with Crippen molar-refractivity contribution in [2.75, 3.05) is 13.1 Å². The predicted octanol–water partition coefficient (Wildman–Crippen LogP) is 3.40. The van der Waals surface area contributed by atoms with E-state index in [1.807, 2.05) is 0 Å². The normalized spacial score (nSPS) is 23.7. The molecule has 3 rings (SSSR count). The molecule has 1 aliphatic heterocycles. The molecule has 0 radical (unpaired) electrons. The number of hydrogen-bond donors (Lipinski definition) is 1. The summed E-state index contributed by atoms with van der Waals surface area (Å²) in [5, 5.41) is 4.36. The maximum Gasteiger partial charge on any atom is 0.104 e. The van der Waals surface area contributed by atoms with Crippen LogP contribution in [-0.4, -0.2) is 17.7 Å². The highest BCUT2D eigenvalue weighted by Gasteiger charge is 2.29. The lowest BCUT2D eigenvalue weighted by molar-refractivity contribution is 0.640. The summed E-state index contributed by atoms with van der Waals surface area (Å²) in [4.78, 5) is 0. The molecule has 1 atom stereocenters. The van der Waals surface area contributed by atoms with Gasteiger partial charge in [-0.3, -0.25) is 0 Å². The van der Waals surface area contributed by atoms with Crippen LogP contribution in [0.3, 0.4) is 0 Å². The minimum absolute atomic E-state index is 0.530. The van der Waals surface area contributed by atoms with Crippen molar-refractivity contribution in [2.24, 2.45) is 0 Å². The van der Waals surface area contributed by atoms with Gasteiger partial charge in [0.1, 0.15) is 4.60 Å². The van der Waals surface area contributed by atoms with Crippen molar-refractivity contribution in [1.82, 2.24) is 9.88 Å². The molecular weight excluding hydrogens is 288 g/mol. The maximum absolute atomic E-state index is 6.44. The molecule has 2 nitrogen and oxygen atoms in total. The Hall–Kier alpha value is -0.250. The quantitative estimate of drug-likeness (QED) is 0.777. The second kappa shape index (κ2) is 3.90. The molecular formula is C12H14BrClN2. The van der Waals surface area contributed by atoms with Crippen LogP contribution in [0.25, 0.3) is 5.57 Å². The molecule has 16 heavy (non-hydrogen) atoms. The number of rotatable bonds is 0. The highest BCUT2D eigenvalue weighted by atomic mass is 79.9. The Balaban J connectivity index is 2.29. The van der Waals surface area contributed by atoms with E-state index in [0.717, 1.165) is 35.7 Å². The molecule has 0 bridgehead atoms. The van der Waals surface area contributed by atoms with Gasteiger partial charge in [-0.25, -0.2) is 0 Å². The van der Waals surface area contributed by atoms with Crippen LogP contribution in [0.4, 0.5) is 0 Å². The lowest BCUT2D eigenvalue weighted by Crippen LogP contribution is -2.17. The summed E-state index contributed by atoms with van der Waals surface area (Å²) in [7, 11) is 0. The van der Waals surface area contributed by atoms with Gasteiger partial charge in [0.05, 0.1) is 10.7 Å². The molecule has 2 heterocycles. The molecule has 0 aromatic carbocycles. The fourth-order valence-electron chi connectivity index (χ4n) is 2.69. The first-order valence-electron chi connectivity index (χ1n) is 5.67. The monoisotopic (exact) mass is 300 g/mol. The van der Waals surface area contributed by atoms with Crippen LogP contribution in [0.5, 0.6) is 0 Å². The van der Waals surface area contributed by atoms with Crippen LogP contribution in [0, 0.1) is 0 Å². The first-order chi connectivity index (χ1) is 7.70. The van der Waals surface area contributed by atoms with E-state index in [0.29, 0.717) is 5.92 Å². The van der Waals surface area contributed by atoms with Gasteiger partial charge in [0.2, 0.25) is 0 Å². The van der Waals surface area contributed by atoms with E-state index in [-0.39, 0.29) is 0 Å². The van der Waals surface area contributed by atoms with Crippen molar-refractivity contribution in [3.05, 3.63) is 27.0 Å². The Labute approximate surface area is 109 Å². The summed E-state index contributed by atoms with van der Waals surface area (Å²) in [5.74, 6) is 0.530. The van der Waals surface area contributed by atoms with Crippen molar-refractivity contribution >= 4 is 33.1 Å². The van der Waals surface area contributed by atoms with Gasteiger partial charge in [-0.2, -0.15) is 0 Å². The molecule has 1 N–H and O–H groups in total. The Morgan fingerprint density at radius 3 is 3.19 bits per heavy atom. The average Bonchev–Trinajstić information content (AvgIpc) is 2.46. The largest absolute Gasteiger partial charge is 0.333 e. The molecule has 0 amide bonds. The van der Waals surface area contributed by atoms with Crippen LogP contribution in [0.1, 0.15) is 30.5 Å². The zero-order valence-corrected chi connectivity index (χ0v) is 11.5. The highest BCUT2D eigenvalue weighted by Crippen LogP contribution is 2.44. The zero-order valence-electron chi connectivity index (χ0n) is 9.19.